The number of hydrogen-bond donors (Lipinski definition) is 2. The maximum atomic E-state index is 11.6. The molecule has 1 heterocycles. The fourth-order valence-electron chi connectivity index (χ4n) is 2.41. The van der Waals surface area contributed by atoms with Gasteiger partial charge in [-0.2, -0.15) is 0 Å². The summed E-state index contributed by atoms with van der Waals surface area (Å²) in [7, 11) is 0. The van der Waals surface area contributed by atoms with Gasteiger partial charge in [0.1, 0.15) is 5.76 Å². The molecule has 0 saturated carbocycles. The molecule has 0 radical (unpaired) electrons. The molecule has 0 bridgehead atoms. The lowest BCUT2D eigenvalue weighted by Gasteiger charge is -2.14. The molecule has 3 aromatic rings. The number of anilines is 2. The van der Waals surface area contributed by atoms with Crippen LogP contribution in [0.5, 0.6) is 0 Å². The van der Waals surface area contributed by atoms with E-state index in [4.69, 9.17) is 4.42 Å². The van der Waals surface area contributed by atoms with Crippen LogP contribution in [0, 0.1) is 6.92 Å². The molecule has 5 heteroatoms. The van der Waals surface area contributed by atoms with Gasteiger partial charge in [0.2, 0.25) is 0 Å². The monoisotopic (exact) mass is 321 g/mol. The predicted octanol–water partition coefficient (Wildman–Crippen LogP) is 4.51. The van der Waals surface area contributed by atoms with Gasteiger partial charge in [-0.3, -0.25) is 4.79 Å². The minimum atomic E-state index is -1.05. The highest BCUT2D eigenvalue weighted by Crippen LogP contribution is 2.34. The SMILES string of the molecule is Cc1ccc(Nc2c(C(=O)O)cccc2-c2ccc(C=O)o2)cc1. The number of para-hydroxylation sites is 1. The van der Waals surface area contributed by atoms with Crippen LogP contribution in [0.2, 0.25) is 0 Å². The van der Waals surface area contributed by atoms with Crippen molar-refractivity contribution in [1.82, 2.24) is 0 Å². The number of rotatable bonds is 5. The number of furan rings is 1. The predicted molar refractivity (Wildman–Crippen MR) is 91.0 cm³/mol. The average molecular weight is 321 g/mol. The van der Waals surface area contributed by atoms with Crippen LogP contribution in [0.3, 0.4) is 0 Å². The normalized spacial score (nSPS) is 10.4. The lowest BCUT2D eigenvalue weighted by molar-refractivity contribution is 0.0698. The minimum absolute atomic E-state index is 0.122. The fraction of sp³-hybridized carbons (Fsp3) is 0.0526. The van der Waals surface area contributed by atoms with Gasteiger partial charge in [-0.15, -0.1) is 0 Å². The molecule has 2 N–H and O–H groups in total. The van der Waals surface area contributed by atoms with E-state index in [0.717, 1.165) is 11.3 Å². The molecule has 0 fully saturated rings. The maximum Gasteiger partial charge on any atom is 0.337 e. The Bertz CT molecular complexity index is 894. The Labute approximate surface area is 138 Å². The van der Waals surface area contributed by atoms with E-state index >= 15 is 0 Å². The lowest BCUT2D eigenvalue weighted by atomic mass is 10.0. The molecule has 0 aliphatic carbocycles. The molecule has 0 amide bonds. The molecular formula is C19H15NO4. The third-order valence-corrected chi connectivity index (χ3v) is 3.62. The van der Waals surface area contributed by atoms with Crippen molar-refractivity contribution >= 4 is 23.6 Å². The van der Waals surface area contributed by atoms with E-state index in [0.29, 0.717) is 23.3 Å². The second-order valence-electron chi connectivity index (χ2n) is 5.34. The Morgan fingerprint density at radius 3 is 2.46 bits per heavy atom. The zero-order valence-corrected chi connectivity index (χ0v) is 12.9. The summed E-state index contributed by atoms with van der Waals surface area (Å²) in [5, 5.41) is 12.6. The summed E-state index contributed by atoms with van der Waals surface area (Å²) in [6.07, 6.45) is 0.609. The highest BCUT2D eigenvalue weighted by molar-refractivity contribution is 6.00. The van der Waals surface area contributed by atoms with Crippen molar-refractivity contribution in [2.24, 2.45) is 0 Å². The molecule has 0 spiro atoms. The Hall–Kier alpha value is -3.34. The number of hydrogen-bond acceptors (Lipinski definition) is 4. The third kappa shape index (κ3) is 3.05. The summed E-state index contributed by atoms with van der Waals surface area (Å²) in [5.74, 6) is -0.435. The summed E-state index contributed by atoms with van der Waals surface area (Å²) in [4.78, 5) is 22.4. The van der Waals surface area contributed by atoms with Crippen LogP contribution in [0.25, 0.3) is 11.3 Å². The second kappa shape index (κ2) is 6.42. The number of carboxylic acids is 1. The van der Waals surface area contributed by atoms with Crippen molar-refractivity contribution < 1.29 is 19.1 Å². The molecule has 120 valence electrons. The highest BCUT2D eigenvalue weighted by Gasteiger charge is 2.17. The molecule has 3 rings (SSSR count). The van der Waals surface area contributed by atoms with Crippen molar-refractivity contribution in [2.75, 3.05) is 5.32 Å². The number of benzene rings is 2. The van der Waals surface area contributed by atoms with Crippen LogP contribution in [-0.2, 0) is 0 Å². The topological polar surface area (TPSA) is 79.5 Å². The largest absolute Gasteiger partial charge is 0.478 e. The van der Waals surface area contributed by atoms with E-state index in [1.807, 2.05) is 31.2 Å². The zero-order valence-electron chi connectivity index (χ0n) is 12.9. The Morgan fingerprint density at radius 2 is 1.83 bits per heavy atom. The van der Waals surface area contributed by atoms with Crippen LogP contribution in [0.15, 0.2) is 59.0 Å². The molecule has 0 aliphatic heterocycles. The van der Waals surface area contributed by atoms with Crippen LogP contribution < -0.4 is 5.32 Å². The van der Waals surface area contributed by atoms with E-state index < -0.39 is 5.97 Å². The lowest BCUT2D eigenvalue weighted by Crippen LogP contribution is -2.04. The second-order valence-corrected chi connectivity index (χ2v) is 5.34. The van der Waals surface area contributed by atoms with Gasteiger partial charge < -0.3 is 14.8 Å². The van der Waals surface area contributed by atoms with Crippen molar-refractivity contribution in [3.05, 3.63) is 71.5 Å². The molecule has 5 nitrogen and oxygen atoms in total. The average Bonchev–Trinajstić information content (AvgIpc) is 3.06. The smallest absolute Gasteiger partial charge is 0.337 e. The molecule has 1 aromatic heterocycles. The van der Waals surface area contributed by atoms with Gasteiger partial charge in [-0.05, 0) is 43.3 Å². The molecule has 0 aliphatic rings. The number of carbonyl (C=O) groups is 2. The first-order chi connectivity index (χ1) is 11.6. The fourth-order valence-corrected chi connectivity index (χ4v) is 2.41. The van der Waals surface area contributed by atoms with E-state index in [1.165, 1.54) is 6.07 Å². The summed E-state index contributed by atoms with van der Waals surface area (Å²) in [6.45, 7) is 1.98. The van der Waals surface area contributed by atoms with Crippen molar-refractivity contribution in [3.63, 3.8) is 0 Å². The summed E-state index contributed by atoms with van der Waals surface area (Å²) < 4.78 is 5.45. The highest BCUT2D eigenvalue weighted by atomic mass is 16.4. The van der Waals surface area contributed by atoms with E-state index in [-0.39, 0.29) is 11.3 Å². The van der Waals surface area contributed by atoms with Crippen LogP contribution in [0.1, 0.15) is 26.5 Å². The molecule has 0 saturated heterocycles. The first kappa shape index (κ1) is 15.6. The van der Waals surface area contributed by atoms with Crippen molar-refractivity contribution in [2.45, 2.75) is 6.92 Å². The number of nitrogens with one attached hydrogen (secondary N) is 1. The van der Waals surface area contributed by atoms with Gasteiger partial charge in [0.25, 0.3) is 0 Å². The maximum absolute atomic E-state index is 11.6. The van der Waals surface area contributed by atoms with E-state index in [2.05, 4.69) is 5.32 Å². The van der Waals surface area contributed by atoms with Gasteiger partial charge in [-0.1, -0.05) is 23.8 Å². The Kier molecular flexibility index (Phi) is 4.16. The number of aryl methyl sites for hydroxylation is 1. The molecular weight excluding hydrogens is 306 g/mol. The summed E-state index contributed by atoms with van der Waals surface area (Å²) in [5.41, 5.74) is 2.98. The van der Waals surface area contributed by atoms with Crippen LogP contribution >= 0.6 is 0 Å². The quantitative estimate of drug-likeness (QED) is 0.676. The number of aromatic carboxylic acids is 1. The molecule has 0 unspecified atom stereocenters. The first-order valence-electron chi connectivity index (χ1n) is 7.34. The number of carboxylic acid groups (broad SMARTS) is 1. The van der Waals surface area contributed by atoms with Crippen LogP contribution in [0.4, 0.5) is 11.4 Å². The molecule has 2 aromatic carbocycles. The zero-order chi connectivity index (χ0) is 17.1. The van der Waals surface area contributed by atoms with Gasteiger partial charge in [0.15, 0.2) is 12.0 Å². The third-order valence-electron chi connectivity index (χ3n) is 3.62. The van der Waals surface area contributed by atoms with Crippen molar-refractivity contribution in [1.29, 1.82) is 0 Å². The van der Waals surface area contributed by atoms with Gasteiger partial charge >= 0.3 is 5.97 Å². The first-order valence-corrected chi connectivity index (χ1v) is 7.34. The minimum Gasteiger partial charge on any atom is -0.478 e. The number of carbonyl (C=O) groups excluding carboxylic acids is 1. The molecule has 24 heavy (non-hydrogen) atoms. The standard InChI is InChI=1S/C19H15NO4/c1-12-5-7-13(8-6-12)20-18-15(3-2-4-16(18)19(22)23)17-10-9-14(11-21)24-17/h2-11,20H,1H3,(H,22,23). The number of aldehydes is 1. The molecule has 0 atom stereocenters. The van der Waals surface area contributed by atoms with Gasteiger partial charge in [-0.25, -0.2) is 4.79 Å². The van der Waals surface area contributed by atoms with E-state index in [9.17, 15) is 14.7 Å². The van der Waals surface area contributed by atoms with Crippen LogP contribution in [-0.4, -0.2) is 17.4 Å². The summed E-state index contributed by atoms with van der Waals surface area (Å²) >= 11 is 0. The Balaban J connectivity index is 2.11. The Morgan fingerprint density at radius 1 is 1.08 bits per heavy atom. The summed E-state index contributed by atoms with van der Waals surface area (Å²) in [6, 6.07) is 15.7. The van der Waals surface area contributed by atoms with E-state index in [1.54, 1.807) is 24.3 Å². The van der Waals surface area contributed by atoms with Crippen molar-refractivity contribution in [3.8, 4) is 11.3 Å². The van der Waals surface area contributed by atoms with Gasteiger partial charge in [0.05, 0.1) is 11.3 Å². The van der Waals surface area contributed by atoms with Gasteiger partial charge in [0, 0.05) is 11.3 Å².